The van der Waals surface area contributed by atoms with Gasteiger partial charge in [-0.15, -0.1) is 0 Å². The molecule has 38 heavy (non-hydrogen) atoms. The minimum atomic E-state index is -3.60. The minimum Gasteiger partial charge on any atom is -0.454 e. The van der Waals surface area contributed by atoms with Gasteiger partial charge in [-0.2, -0.15) is 0 Å². The van der Waals surface area contributed by atoms with E-state index in [2.05, 4.69) is 5.32 Å². The van der Waals surface area contributed by atoms with Crippen molar-refractivity contribution in [3.8, 4) is 11.5 Å². The van der Waals surface area contributed by atoms with Gasteiger partial charge in [0.1, 0.15) is 6.04 Å². The van der Waals surface area contributed by atoms with Gasteiger partial charge in [0.05, 0.1) is 11.9 Å². The Bertz CT molecular complexity index is 1210. The van der Waals surface area contributed by atoms with Crippen molar-refractivity contribution in [2.75, 3.05) is 23.9 Å². The molecule has 1 aliphatic heterocycles. The number of benzene rings is 2. The van der Waals surface area contributed by atoms with Crippen molar-refractivity contribution in [1.29, 1.82) is 0 Å². The molecule has 0 spiro atoms. The predicted octanol–water partition coefficient (Wildman–Crippen LogP) is 3.83. The first kappa shape index (κ1) is 27.8. The van der Waals surface area contributed by atoms with Crippen LogP contribution in [0.4, 0.5) is 5.69 Å². The maximum Gasteiger partial charge on any atom is 0.243 e. The highest BCUT2D eigenvalue weighted by atomic mass is 32.2. The highest BCUT2D eigenvalue weighted by Gasteiger charge is 2.31. The van der Waals surface area contributed by atoms with Gasteiger partial charge < -0.3 is 19.7 Å². The number of rotatable bonds is 12. The Morgan fingerprint density at radius 2 is 1.76 bits per heavy atom. The van der Waals surface area contributed by atoms with E-state index >= 15 is 0 Å². The van der Waals surface area contributed by atoms with Crippen molar-refractivity contribution in [3.63, 3.8) is 0 Å². The zero-order valence-electron chi connectivity index (χ0n) is 22.1. The third-order valence-corrected chi connectivity index (χ3v) is 8.27. The number of hydrogen-bond acceptors (Lipinski definition) is 6. The van der Waals surface area contributed by atoms with Gasteiger partial charge in [0.2, 0.25) is 28.6 Å². The largest absolute Gasteiger partial charge is 0.454 e. The number of nitrogens with one attached hydrogen (secondary N) is 1. The van der Waals surface area contributed by atoms with Gasteiger partial charge in [-0.3, -0.25) is 13.9 Å². The Hall–Kier alpha value is -3.27. The zero-order chi connectivity index (χ0) is 27.1. The molecule has 0 saturated heterocycles. The number of hydrogen-bond donors (Lipinski definition) is 1. The summed E-state index contributed by atoms with van der Waals surface area (Å²) in [7, 11) is -3.60. The summed E-state index contributed by atoms with van der Waals surface area (Å²) in [6, 6.07) is 14.1. The molecule has 1 heterocycles. The molecule has 2 aliphatic rings. The molecular formula is C28H37N3O6S. The number of carbonyl (C=O) groups is 2. The third kappa shape index (κ3) is 6.98. The summed E-state index contributed by atoms with van der Waals surface area (Å²) in [5, 5.41) is 3.14. The molecule has 2 amide bonds. The third-order valence-electron chi connectivity index (χ3n) is 7.08. The van der Waals surface area contributed by atoms with Crippen LogP contribution in [0, 0.1) is 0 Å². The fourth-order valence-electron chi connectivity index (χ4n) is 5.11. The van der Waals surface area contributed by atoms with E-state index in [0.29, 0.717) is 36.6 Å². The summed E-state index contributed by atoms with van der Waals surface area (Å²) >= 11 is 0. The van der Waals surface area contributed by atoms with Crippen molar-refractivity contribution >= 4 is 27.5 Å². The van der Waals surface area contributed by atoms with Gasteiger partial charge in [-0.1, -0.05) is 50.1 Å². The molecule has 206 valence electrons. The highest BCUT2D eigenvalue weighted by molar-refractivity contribution is 7.92. The lowest BCUT2D eigenvalue weighted by Gasteiger charge is -2.32. The van der Waals surface area contributed by atoms with Crippen molar-refractivity contribution in [3.05, 3.63) is 54.1 Å². The lowest BCUT2D eigenvalue weighted by atomic mass is 10.1. The maximum absolute atomic E-state index is 13.6. The standard InChI is InChI=1S/C28H37N3O6S/c1-3-24(28(33)29-22-12-7-8-13-22)30(19-21-10-5-4-6-11-21)27(32)14-9-17-31(38(2,34)35)23-15-16-25-26(18-23)37-20-36-25/h4-6,10-11,15-16,18,22,24H,3,7-9,12-14,17,19-20H2,1-2H3,(H,29,33). The average Bonchev–Trinajstić information content (AvgIpc) is 3.58. The molecule has 4 rings (SSSR count). The van der Waals surface area contributed by atoms with Crippen LogP contribution in [0.3, 0.4) is 0 Å². The fraction of sp³-hybridized carbons (Fsp3) is 0.500. The number of fused-ring (bicyclic) bond motifs is 1. The van der Waals surface area contributed by atoms with E-state index in [1.54, 1.807) is 23.1 Å². The molecule has 2 aromatic rings. The summed E-state index contributed by atoms with van der Waals surface area (Å²) in [4.78, 5) is 28.4. The van der Waals surface area contributed by atoms with Crippen molar-refractivity contribution in [2.45, 2.75) is 70.5 Å². The molecule has 10 heteroatoms. The zero-order valence-corrected chi connectivity index (χ0v) is 22.9. The Morgan fingerprint density at radius 1 is 1.05 bits per heavy atom. The second-order valence-electron chi connectivity index (χ2n) is 9.90. The van der Waals surface area contributed by atoms with Crippen molar-refractivity contribution in [2.24, 2.45) is 0 Å². The summed E-state index contributed by atoms with van der Waals surface area (Å²) in [5.74, 6) is 0.749. The van der Waals surface area contributed by atoms with Gasteiger partial charge in [-0.25, -0.2) is 8.42 Å². The number of carbonyl (C=O) groups excluding carboxylic acids is 2. The molecule has 1 aliphatic carbocycles. The Kier molecular flexibility index (Phi) is 9.14. The van der Waals surface area contributed by atoms with Gasteiger partial charge >= 0.3 is 0 Å². The van der Waals surface area contributed by atoms with Gasteiger partial charge in [0.25, 0.3) is 0 Å². The normalized spacial score (nSPS) is 15.7. The Balaban J connectivity index is 1.46. The van der Waals surface area contributed by atoms with Crippen LogP contribution < -0.4 is 19.1 Å². The predicted molar refractivity (Wildman–Crippen MR) is 145 cm³/mol. The minimum absolute atomic E-state index is 0.0936. The highest BCUT2D eigenvalue weighted by Crippen LogP contribution is 2.36. The quantitative estimate of drug-likeness (QED) is 0.436. The fourth-order valence-corrected chi connectivity index (χ4v) is 6.07. The van der Waals surface area contributed by atoms with E-state index in [1.807, 2.05) is 37.3 Å². The van der Waals surface area contributed by atoms with E-state index in [4.69, 9.17) is 9.47 Å². The lowest BCUT2D eigenvalue weighted by Crippen LogP contribution is -2.51. The topological polar surface area (TPSA) is 105 Å². The van der Waals surface area contributed by atoms with Gasteiger partial charge in [-0.05, 0) is 43.4 Å². The SMILES string of the molecule is CCC(C(=O)NC1CCCC1)N(Cc1ccccc1)C(=O)CCCN(c1ccc2c(c1)OCO2)S(C)(=O)=O. The van der Waals surface area contributed by atoms with E-state index < -0.39 is 16.1 Å². The number of nitrogens with zero attached hydrogens (tertiary/aromatic N) is 2. The van der Waals surface area contributed by atoms with Crippen LogP contribution in [0.5, 0.6) is 11.5 Å². The molecule has 0 aromatic heterocycles. The molecule has 9 nitrogen and oxygen atoms in total. The summed E-state index contributed by atoms with van der Waals surface area (Å²) < 4.78 is 37.2. The van der Waals surface area contributed by atoms with E-state index in [-0.39, 0.29) is 37.6 Å². The second kappa shape index (κ2) is 12.5. The van der Waals surface area contributed by atoms with Crippen LogP contribution in [0.1, 0.15) is 57.4 Å². The van der Waals surface area contributed by atoms with E-state index in [0.717, 1.165) is 37.5 Å². The number of ether oxygens (including phenoxy) is 2. The van der Waals surface area contributed by atoms with Crippen LogP contribution in [0.2, 0.25) is 0 Å². The maximum atomic E-state index is 13.6. The first-order valence-corrected chi connectivity index (χ1v) is 15.1. The van der Waals surface area contributed by atoms with Gasteiger partial charge in [0, 0.05) is 31.6 Å². The van der Waals surface area contributed by atoms with Crippen LogP contribution in [-0.4, -0.2) is 56.8 Å². The molecule has 2 aromatic carbocycles. The Morgan fingerprint density at radius 3 is 2.45 bits per heavy atom. The monoisotopic (exact) mass is 543 g/mol. The molecule has 1 saturated carbocycles. The molecule has 1 atom stereocenters. The Labute approximate surface area is 225 Å². The summed E-state index contributed by atoms with van der Waals surface area (Å²) in [6.45, 7) is 2.44. The summed E-state index contributed by atoms with van der Waals surface area (Å²) in [5.41, 5.74) is 1.39. The average molecular weight is 544 g/mol. The molecule has 1 unspecified atom stereocenters. The molecule has 1 fully saturated rings. The first-order valence-electron chi connectivity index (χ1n) is 13.3. The summed E-state index contributed by atoms with van der Waals surface area (Å²) in [6.07, 6.45) is 6.18. The first-order chi connectivity index (χ1) is 18.3. The number of amides is 2. The van der Waals surface area contributed by atoms with Gasteiger partial charge in [0.15, 0.2) is 11.5 Å². The lowest BCUT2D eigenvalue weighted by molar-refractivity contribution is -0.141. The molecule has 0 bridgehead atoms. The van der Waals surface area contributed by atoms with Crippen LogP contribution >= 0.6 is 0 Å². The van der Waals surface area contributed by atoms with E-state index in [1.165, 1.54) is 4.31 Å². The smallest absolute Gasteiger partial charge is 0.243 e. The van der Waals surface area contributed by atoms with Crippen molar-refractivity contribution < 1.29 is 27.5 Å². The molecular weight excluding hydrogens is 506 g/mol. The number of sulfonamides is 1. The molecule has 0 radical (unpaired) electrons. The van der Waals surface area contributed by atoms with Crippen molar-refractivity contribution in [1.82, 2.24) is 10.2 Å². The molecule has 1 N–H and O–H groups in total. The number of anilines is 1. The second-order valence-corrected chi connectivity index (χ2v) is 11.8. The van der Waals surface area contributed by atoms with E-state index in [9.17, 15) is 18.0 Å². The van der Waals surface area contributed by atoms with Crippen LogP contribution in [-0.2, 0) is 26.2 Å². The van der Waals surface area contributed by atoms with Crippen LogP contribution in [0.25, 0.3) is 0 Å². The van der Waals surface area contributed by atoms with Crippen LogP contribution in [0.15, 0.2) is 48.5 Å².